The van der Waals surface area contributed by atoms with Crippen molar-refractivity contribution in [2.45, 2.75) is 39.3 Å². The van der Waals surface area contributed by atoms with Gasteiger partial charge in [0.25, 0.3) is 5.91 Å². The number of hydrogen-bond donors (Lipinski definition) is 2. The van der Waals surface area contributed by atoms with Crippen molar-refractivity contribution in [2.75, 3.05) is 19.8 Å². The molecule has 1 aromatic carbocycles. The second-order valence-corrected chi connectivity index (χ2v) is 7.19. The number of benzene rings is 1. The highest BCUT2D eigenvalue weighted by molar-refractivity contribution is 6.06. The Hall–Kier alpha value is -2.44. The van der Waals surface area contributed by atoms with Crippen LogP contribution in [0.3, 0.4) is 0 Å². The van der Waals surface area contributed by atoms with Crippen molar-refractivity contribution in [3.8, 4) is 0 Å². The number of allylic oxidation sites excluding steroid dienone is 1. The van der Waals surface area contributed by atoms with E-state index in [2.05, 4.69) is 10.3 Å². The van der Waals surface area contributed by atoms with Gasteiger partial charge in [-0.3, -0.25) is 9.59 Å². The topological polar surface area (TPSA) is 80.4 Å². The van der Waals surface area contributed by atoms with E-state index in [4.69, 9.17) is 9.47 Å². The third-order valence-electron chi connectivity index (χ3n) is 4.67. The van der Waals surface area contributed by atoms with Crippen LogP contribution in [0.25, 0.3) is 10.9 Å². The number of aromatic nitrogens is 1. The fourth-order valence-electron chi connectivity index (χ4n) is 3.18. The van der Waals surface area contributed by atoms with Crippen LogP contribution in [-0.4, -0.2) is 42.9 Å². The molecule has 6 nitrogen and oxygen atoms in total. The first-order valence-corrected chi connectivity index (χ1v) is 9.21. The molecule has 0 bridgehead atoms. The van der Waals surface area contributed by atoms with E-state index >= 15 is 0 Å². The number of rotatable bonds is 5. The van der Waals surface area contributed by atoms with E-state index in [1.165, 1.54) is 11.6 Å². The molecule has 3 rings (SSSR count). The lowest BCUT2D eigenvalue weighted by Gasteiger charge is -2.32. The molecule has 1 aliphatic rings. The first-order chi connectivity index (χ1) is 12.9. The van der Waals surface area contributed by atoms with Crippen LogP contribution in [-0.2, 0) is 9.47 Å². The van der Waals surface area contributed by atoms with Gasteiger partial charge in [0, 0.05) is 23.6 Å². The second-order valence-electron chi connectivity index (χ2n) is 7.19. The molecule has 2 aromatic rings. The van der Waals surface area contributed by atoms with Crippen molar-refractivity contribution in [1.82, 2.24) is 10.3 Å². The molecule has 0 spiro atoms. The van der Waals surface area contributed by atoms with Gasteiger partial charge in [-0.25, -0.2) is 0 Å². The van der Waals surface area contributed by atoms with E-state index in [0.29, 0.717) is 37.3 Å². The number of aryl methyl sites for hydroxylation is 1. The average molecular weight is 370 g/mol. The fraction of sp³-hybridized carbons (Fsp3) is 0.429. The number of hydrogen-bond acceptors (Lipinski definition) is 4. The van der Waals surface area contributed by atoms with Crippen LogP contribution < -0.4 is 10.9 Å². The number of H-pyrrole nitrogens is 1. The Morgan fingerprint density at radius 3 is 2.96 bits per heavy atom. The molecule has 1 saturated heterocycles. The standard InChI is InChI=1S/C21H26N2O4/c1-13(2)6-9-27-19-12-26-8-7-18(19)23-21(25)16-11-20(24)22-17-5-4-14(3)10-15(16)17/h4-6,10-11,18-19H,7-9,12H2,1-3H3,(H,22,24)(H,23,25)/t18-,19-/m1/s1. The Kier molecular flexibility index (Phi) is 6.08. The van der Waals surface area contributed by atoms with Gasteiger partial charge < -0.3 is 19.8 Å². The molecule has 1 fully saturated rings. The minimum absolute atomic E-state index is 0.157. The predicted octanol–water partition coefficient (Wildman–Crippen LogP) is 2.71. The van der Waals surface area contributed by atoms with E-state index in [1.54, 1.807) is 0 Å². The molecule has 1 aliphatic heterocycles. The van der Waals surface area contributed by atoms with Crippen LogP contribution >= 0.6 is 0 Å². The molecule has 1 amide bonds. The van der Waals surface area contributed by atoms with Gasteiger partial charge in [-0.1, -0.05) is 23.3 Å². The zero-order valence-corrected chi connectivity index (χ0v) is 16.0. The third-order valence-corrected chi connectivity index (χ3v) is 4.67. The number of carbonyl (C=O) groups is 1. The number of carbonyl (C=O) groups excluding carboxylic acids is 1. The summed E-state index contributed by atoms with van der Waals surface area (Å²) in [7, 11) is 0. The zero-order valence-electron chi connectivity index (χ0n) is 16.0. The Morgan fingerprint density at radius 2 is 2.19 bits per heavy atom. The maximum absolute atomic E-state index is 12.9. The molecule has 0 radical (unpaired) electrons. The molecule has 27 heavy (non-hydrogen) atoms. The third kappa shape index (κ3) is 4.84. The van der Waals surface area contributed by atoms with Crippen molar-refractivity contribution in [2.24, 2.45) is 0 Å². The second kappa shape index (κ2) is 8.50. The van der Waals surface area contributed by atoms with Gasteiger partial charge in [-0.2, -0.15) is 0 Å². The Balaban J connectivity index is 1.81. The van der Waals surface area contributed by atoms with Gasteiger partial charge in [-0.15, -0.1) is 0 Å². The molecule has 0 aliphatic carbocycles. The Bertz CT molecular complexity index is 912. The number of pyridine rings is 1. The first-order valence-electron chi connectivity index (χ1n) is 9.21. The number of ether oxygens (including phenoxy) is 2. The molecule has 0 unspecified atom stereocenters. The summed E-state index contributed by atoms with van der Waals surface area (Å²) in [5.74, 6) is -0.264. The summed E-state index contributed by atoms with van der Waals surface area (Å²) in [5, 5.41) is 3.78. The summed E-state index contributed by atoms with van der Waals surface area (Å²) in [5.41, 5.74) is 2.95. The van der Waals surface area contributed by atoms with Crippen LogP contribution in [0, 0.1) is 6.92 Å². The molecule has 1 aromatic heterocycles. The van der Waals surface area contributed by atoms with Crippen molar-refractivity contribution < 1.29 is 14.3 Å². The number of fused-ring (bicyclic) bond motifs is 1. The van der Waals surface area contributed by atoms with E-state index in [1.807, 2.05) is 45.0 Å². The van der Waals surface area contributed by atoms with Gasteiger partial charge in [0.1, 0.15) is 6.10 Å². The minimum atomic E-state index is -0.292. The Morgan fingerprint density at radius 1 is 1.37 bits per heavy atom. The van der Waals surface area contributed by atoms with Crippen LogP contribution in [0.15, 0.2) is 40.7 Å². The largest absolute Gasteiger partial charge is 0.379 e. The number of amides is 1. The van der Waals surface area contributed by atoms with Crippen molar-refractivity contribution in [3.63, 3.8) is 0 Å². The number of aromatic amines is 1. The molecular formula is C21H26N2O4. The van der Waals surface area contributed by atoms with Gasteiger partial charge in [-0.05, 0) is 39.3 Å². The van der Waals surface area contributed by atoms with Crippen molar-refractivity contribution in [1.29, 1.82) is 0 Å². The van der Waals surface area contributed by atoms with E-state index in [9.17, 15) is 9.59 Å². The molecular weight excluding hydrogens is 344 g/mol. The van der Waals surface area contributed by atoms with Gasteiger partial charge in [0.05, 0.1) is 24.8 Å². The lowest BCUT2D eigenvalue weighted by Crippen LogP contribution is -2.50. The van der Waals surface area contributed by atoms with Crippen LogP contribution in [0.4, 0.5) is 0 Å². The van der Waals surface area contributed by atoms with Crippen molar-refractivity contribution in [3.05, 3.63) is 57.4 Å². The van der Waals surface area contributed by atoms with E-state index in [0.717, 1.165) is 10.9 Å². The summed E-state index contributed by atoms with van der Waals surface area (Å²) < 4.78 is 11.4. The summed E-state index contributed by atoms with van der Waals surface area (Å²) >= 11 is 0. The predicted molar refractivity (Wildman–Crippen MR) is 105 cm³/mol. The summed E-state index contributed by atoms with van der Waals surface area (Å²) in [6, 6.07) is 6.84. The highest BCUT2D eigenvalue weighted by atomic mass is 16.5. The first kappa shape index (κ1) is 19.3. The van der Waals surface area contributed by atoms with Gasteiger partial charge in [0.15, 0.2) is 0 Å². The highest BCUT2D eigenvalue weighted by Gasteiger charge is 2.28. The molecule has 2 N–H and O–H groups in total. The average Bonchev–Trinajstić information content (AvgIpc) is 2.62. The maximum atomic E-state index is 12.9. The van der Waals surface area contributed by atoms with Crippen molar-refractivity contribution >= 4 is 16.8 Å². The lowest BCUT2D eigenvalue weighted by molar-refractivity contribution is -0.0589. The van der Waals surface area contributed by atoms with E-state index < -0.39 is 0 Å². The summed E-state index contributed by atoms with van der Waals surface area (Å²) in [6.45, 7) is 7.48. The molecule has 144 valence electrons. The Labute approximate surface area is 158 Å². The van der Waals surface area contributed by atoms with Crippen LogP contribution in [0.2, 0.25) is 0 Å². The molecule has 6 heteroatoms. The fourth-order valence-corrected chi connectivity index (χ4v) is 3.18. The van der Waals surface area contributed by atoms with Crippen LogP contribution in [0.5, 0.6) is 0 Å². The lowest BCUT2D eigenvalue weighted by atomic mass is 10.0. The van der Waals surface area contributed by atoms with E-state index in [-0.39, 0.29) is 23.6 Å². The summed E-state index contributed by atoms with van der Waals surface area (Å²) in [6.07, 6.45) is 2.46. The smallest absolute Gasteiger partial charge is 0.252 e. The SMILES string of the molecule is CC(C)=CCO[C@@H]1COCC[C@H]1NC(=O)c1cc(=O)[nH]c2ccc(C)cc12. The monoisotopic (exact) mass is 370 g/mol. The molecule has 0 saturated carbocycles. The van der Waals surface area contributed by atoms with Gasteiger partial charge in [0.2, 0.25) is 5.56 Å². The van der Waals surface area contributed by atoms with Crippen LogP contribution in [0.1, 0.15) is 36.2 Å². The zero-order chi connectivity index (χ0) is 19.4. The molecule has 2 heterocycles. The normalized spacial score (nSPS) is 19.7. The minimum Gasteiger partial charge on any atom is -0.379 e. The number of nitrogens with one attached hydrogen (secondary N) is 2. The van der Waals surface area contributed by atoms with Gasteiger partial charge >= 0.3 is 0 Å². The maximum Gasteiger partial charge on any atom is 0.252 e. The molecule has 2 atom stereocenters. The quantitative estimate of drug-likeness (QED) is 0.793. The highest BCUT2D eigenvalue weighted by Crippen LogP contribution is 2.18. The summed E-state index contributed by atoms with van der Waals surface area (Å²) in [4.78, 5) is 27.7.